The maximum atomic E-state index is 12.0. The number of nitro groups is 1. The molecule has 0 saturated heterocycles. The molecule has 0 aliphatic heterocycles. The summed E-state index contributed by atoms with van der Waals surface area (Å²) in [5.74, 6) is -0.618. The molecule has 0 heterocycles. The summed E-state index contributed by atoms with van der Waals surface area (Å²) < 4.78 is 0. The molecular formula is C16H15N3O3. The van der Waals surface area contributed by atoms with E-state index in [9.17, 15) is 14.9 Å². The van der Waals surface area contributed by atoms with Crippen molar-refractivity contribution in [3.05, 3.63) is 74.8 Å². The summed E-state index contributed by atoms with van der Waals surface area (Å²) in [4.78, 5) is 22.2. The highest BCUT2D eigenvalue weighted by atomic mass is 16.6. The van der Waals surface area contributed by atoms with Crippen molar-refractivity contribution in [3.63, 3.8) is 0 Å². The minimum atomic E-state index is -0.618. The number of carbonyl (C=O) groups excluding carboxylic acids is 1. The van der Waals surface area contributed by atoms with Crippen LogP contribution in [-0.4, -0.2) is 17.0 Å². The van der Waals surface area contributed by atoms with Crippen molar-refractivity contribution in [3.8, 4) is 0 Å². The summed E-state index contributed by atoms with van der Waals surface area (Å²) in [6.45, 7) is 3.99. The second kappa shape index (κ2) is 6.62. The molecule has 1 N–H and O–H groups in total. The number of hydrazone groups is 1. The van der Waals surface area contributed by atoms with Gasteiger partial charge in [0.05, 0.1) is 11.1 Å². The zero-order valence-corrected chi connectivity index (χ0v) is 12.2. The predicted molar refractivity (Wildman–Crippen MR) is 84.1 cm³/mol. The first-order valence-corrected chi connectivity index (χ1v) is 6.63. The minimum Gasteiger partial charge on any atom is -0.267 e. The molecule has 0 aromatic heterocycles. The van der Waals surface area contributed by atoms with Gasteiger partial charge in [-0.1, -0.05) is 30.3 Å². The molecule has 6 heteroatoms. The molecule has 112 valence electrons. The molecule has 6 nitrogen and oxygen atoms in total. The Kier molecular flexibility index (Phi) is 4.63. The molecule has 2 aromatic rings. The number of hydrogen-bond acceptors (Lipinski definition) is 4. The normalized spacial score (nSPS) is 10.6. The number of benzene rings is 2. The molecule has 0 radical (unpaired) electrons. The van der Waals surface area contributed by atoms with Crippen LogP contribution in [0.25, 0.3) is 0 Å². The number of nitrogens with one attached hydrogen (secondary N) is 1. The Labute approximate surface area is 127 Å². The quantitative estimate of drug-likeness (QED) is 0.535. The van der Waals surface area contributed by atoms with Gasteiger partial charge in [0, 0.05) is 6.07 Å². The smallest absolute Gasteiger partial charge is 0.267 e. The van der Waals surface area contributed by atoms with Crippen LogP contribution >= 0.6 is 0 Å². The number of rotatable bonds is 4. The van der Waals surface area contributed by atoms with Crippen molar-refractivity contribution < 1.29 is 9.72 Å². The average molecular weight is 297 g/mol. The second-order valence-corrected chi connectivity index (χ2v) is 4.82. The van der Waals surface area contributed by atoms with Gasteiger partial charge in [0.15, 0.2) is 0 Å². The lowest BCUT2D eigenvalue weighted by Gasteiger charge is -2.02. The molecule has 2 rings (SSSR count). The van der Waals surface area contributed by atoms with Crippen molar-refractivity contribution in [1.29, 1.82) is 0 Å². The van der Waals surface area contributed by atoms with E-state index >= 15 is 0 Å². The Hall–Kier alpha value is -3.02. The van der Waals surface area contributed by atoms with Crippen molar-refractivity contribution in [1.82, 2.24) is 5.43 Å². The zero-order valence-electron chi connectivity index (χ0n) is 12.2. The SMILES string of the molecule is Cc1ccc(/C=N/NC(=O)c2ccccc2[N+](=O)[O-])cc1C. The van der Waals surface area contributed by atoms with E-state index in [0.29, 0.717) is 0 Å². The third-order valence-corrected chi connectivity index (χ3v) is 3.26. The topological polar surface area (TPSA) is 84.6 Å². The summed E-state index contributed by atoms with van der Waals surface area (Å²) in [5, 5.41) is 14.7. The molecule has 0 unspecified atom stereocenters. The van der Waals surface area contributed by atoms with E-state index in [2.05, 4.69) is 10.5 Å². The fourth-order valence-corrected chi connectivity index (χ4v) is 1.90. The van der Waals surface area contributed by atoms with Crippen LogP contribution in [0.5, 0.6) is 0 Å². The zero-order chi connectivity index (χ0) is 16.1. The van der Waals surface area contributed by atoms with Gasteiger partial charge in [-0.05, 0) is 36.6 Å². The summed E-state index contributed by atoms with van der Waals surface area (Å²) in [7, 11) is 0. The summed E-state index contributed by atoms with van der Waals surface area (Å²) in [6, 6.07) is 11.5. The van der Waals surface area contributed by atoms with Gasteiger partial charge in [0.2, 0.25) is 0 Å². The monoisotopic (exact) mass is 297 g/mol. The number of aryl methyl sites for hydroxylation is 2. The Morgan fingerprint density at radius 1 is 1.18 bits per heavy atom. The molecule has 2 aromatic carbocycles. The molecular weight excluding hydrogens is 282 g/mol. The van der Waals surface area contributed by atoms with E-state index in [0.717, 1.165) is 11.1 Å². The lowest BCUT2D eigenvalue weighted by atomic mass is 10.1. The molecule has 0 aliphatic carbocycles. The van der Waals surface area contributed by atoms with Gasteiger partial charge in [-0.25, -0.2) is 5.43 Å². The highest BCUT2D eigenvalue weighted by Crippen LogP contribution is 2.17. The molecule has 0 saturated carbocycles. The number of nitro benzene ring substituents is 1. The lowest BCUT2D eigenvalue weighted by molar-refractivity contribution is -0.385. The third-order valence-electron chi connectivity index (χ3n) is 3.26. The number of hydrogen-bond donors (Lipinski definition) is 1. The molecule has 1 amide bonds. The number of carbonyl (C=O) groups is 1. The van der Waals surface area contributed by atoms with Gasteiger partial charge in [0.25, 0.3) is 11.6 Å². The standard InChI is InChI=1S/C16H15N3O3/c1-11-7-8-13(9-12(11)2)10-17-18-16(20)14-5-3-4-6-15(14)19(21)22/h3-10H,1-2H3,(H,18,20)/b17-10+. The van der Waals surface area contributed by atoms with Gasteiger partial charge in [-0.15, -0.1) is 0 Å². The highest BCUT2D eigenvalue weighted by Gasteiger charge is 2.18. The lowest BCUT2D eigenvalue weighted by Crippen LogP contribution is -2.18. The van der Waals surface area contributed by atoms with Gasteiger partial charge in [-0.3, -0.25) is 14.9 Å². The average Bonchev–Trinajstić information content (AvgIpc) is 2.50. The van der Waals surface area contributed by atoms with Gasteiger partial charge in [0.1, 0.15) is 5.56 Å². The Morgan fingerprint density at radius 2 is 1.91 bits per heavy atom. The number of amides is 1. The molecule has 22 heavy (non-hydrogen) atoms. The molecule has 0 bridgehead atoms. The Morgan fingerprint density at radius 3 is 2.59 bits per heavy atom. The first kappa shape index (κ1) is 15.4. The highest BCUT2D eigenvalue weighted by molar-refractivity contribution is 5.98. The van der Waals surface area contributed by atoms with Crippen LogP contribution in [0.3, 0.4) is 0 Å². The molecule has 0 atom stereocenters. The second-order valence-electron chi connectivity index (χ2n) is 4.82. The van der Waals surface area contributed by atoms with Crippen LogP contribution < -0.4 is 5.43 Å². The van der Waals surface area contributed by atoms with E-state index < -0.39 is 10.8 Å². The van der Waals surface area contributed by atoms with Crippen LogP contribution in [-0.2, 0) is 0 Å². The largest absolute Gasteiger partial charge is 0.282 e. The van der Waals surface area contributed by atoms with E-state index in [1.807, 2.05) is 32.0 Å². The van der Waals surface area contributed by atoms with E-state index in [4.69, 9.17) is 0 Å². The van der Waals surface area contributed by atoms with Crippen molar-refractivity contribution in [2.45, 2.75) is 13.8 Å². The fraction of sp³-hybridized carbons (Fsp3) is 0.125. The molecule has 0 fully saturated rings. The van der Waals surface area contributed by atoms with Crippen molar-refractivity contribution in [2.24, 2.45) is 5.10 Å². The van der Waals surface area contributed by atoms with Crippen LogP contribution in [0.4, 0.5) is 5.69 Å². The van der Waals surface area contributed by atoms with E-state index in [1.54, 1.807) is 6.07 Å². The third kappa shape index (κ3) is 3.54. The van der Waals surface area contributed by atoms with Gasteiger partial charge < -0.3 is 0 Å². The van der Waals surface area contributed by atoms with Crippen LogP contribution in [0.1, 0.15) is 27.0 Å². The van der Waals surface area contributed by atoms with Crippen molar-refractivity contribution in [2.75, 3.05) is 0 Å². The van der Waals surface area contributed by atoms with Crippen molar-refractivity contribution >= 4 is 17.8 Å². The van der Waals surface area contributed by atoms with Crippen LogP contribution in [0, 0.1) is 24.0 Å². The Balaban J connectivity index is 2.11. The van der Waals surface area contributed by atoms with Gasteiger partial charge in [-0.2, -0.15) is 5.10 Å². The minimum absolute atomic E-state index is 0.0234. The van der Waals surface area contributed by atoms with Gasteiger partial charge >= 0.3 is 0 Å². The maximum Gasteiger partial charge on any atom is 0.282 e. The summed E-state index contributed by atoms with van der Waals surface area (Å²) >= 11 is 0. The number of para-hydroxylation sites is 1. The first-order valence-electron chi connectivity index (χ1n) is 6.63. The van der Waals surface area contributed by atoms with Crippen LogP contribution in [0.2, 0.25) is 0 Å². The first-order chi connectivity index (χ1) is 10.5. The van der Waals surface area contributed by atoms with E-state index in [1.165, 1.54) is 30.0 Å². The summed E-state index contributed by atoms with van der Waals surface area (Å²) in [5.41, 5.74) is 5.16. The Bertz CT molecular complexity index is 754. The summed E-state index contributed by atoms with van der Waals surface area (Å²) in [6.07, 6.45) is 1.50. The van der Waals surface area contributed by atoms with Crippen LogP contribution in [0.15, 0.2) is 47.6 Å². The predicted octanol–water partition coefficient (Wildman–Crippen LogP) is 2.98. The molecule has 0 spiro atoms. The fourth-order valence-electron chi connectivity index (χ4n) is 1.90. The van der Waals surface area contributed by atoms with E-state index in [-0.39, 0.29) is 11.3 Å². The maximum absolute atomic E-state index is 12.0. The molecule has 0 aliphatic rings. The number of nitrogens with zero attached hydrogens (tertiary/aromatic N) is 2.